The smallest absolute Gasteiger partial charge is 0.489 e. The van der Waals surface area contributed by atoms with Gasteiger partial charge in [0.25, 0.3) is 5.91 Å². The van der Waals surface area contributed by atoms with Crippen LogP contribution in [0, 0.1) is 0 Å². The molecule has 4 aliphatic rings. The fraction of sp³-hybridized carbons (Fsp3) is 0.394. The number of amides is 2. The molecule has 0 unspecified atom stereocenters. The number of carbonyl (C=O) groups excluding carboxylic acids is 2. The summed E-state index contributed by atoms with van der Waals surface area (Å²) >= 11 is 0. The van der Waals surface area contributed by atoms with Crippen molar-refractivity contribution in [2.75, 3.05) is 13.2 Å². The van der Waals surface area contributed by atoms with E-state index < -0.39 is 53.3 Å². The molecule has 4 N–H and O–H groups in total. The maximum atomic E-state index is 14.9. The van der Waals surface area contributed by atoms with Crippen LogP contribution < -0.4 is 30.0 Å². The van der Waals surface area contributed by atoms with Crippen molar-refractivity contribution in [1.29, 1.82) is 0 Å². The van der Waals surface area contributed by atoms with Crippen LogP contribution in [0.1, 0.15) is 65.8 Å². The summed E-state index contributed by atoms with van der Waals surface area (Å²) in [4.78, 5) is 30.1. The van der Waals surface area contributed by atoms with Crippen LogP contribution in [0.3, 0.4) is 0 Å². The second kappa shape index (κ2) is 10.7. The number of rotatable bonds is 9. The van der Waals surface area contributed by atoms with Gasteiger partial charge in [-0.05, 0) is 69.0 Å². The van der Waals surface area contributed by atoms with Gasteiger partial charge >= 0.3 is 12.5 Å². The predicted octanol–water partition coefficient (Wildman–Crippen LogP) is 4.45. The molecule has 2 aliphatic carbocycles. The number of nitrogens with one attached hydrogen (secondary N) is 1. The summed E-state index contributed by atoms with van der Waals surface area (Å²) in [7, 11) is 0. The summed E-state index contributed by atoms with van der Waals surface area (Å²) < 4.78 is 94.4. The first-order valence-electron chi connectivity index (χ1n) is 15.7. The highest BCUT2D eigenvalue weighted by atomic mass is 19.4. The van der Waals surface area contributed by atoms with E-state index in [9.17, 15) is 36.6 Å². The van der Waals surface area contributed by atoms with Crippen molar-refractivity contribution >= 4 is 17.3 Å². The van der Waals surface area contributed by atoms with Crippen LogP contribution in [-0.2, 0) is 15.8 Å². The van der Waals surface area contributed by atoms with Gasteiger partial charge in [-0.15, -0.1) is 8.78 Å². The number of carbonyl (C=O) groups is 2. The number of nitrogens with two attached hydrogens (primary N) is 1. The van der Waals surface area contributed by atoms with Gasteiger partial charge < -0.3 is 35.1 Å². The largest absolute Gasteiger partial charge is 0.586 e. The molecule has 262 valence electrons. The summed E-state index contributed by atoms with van der Waals surface area (Å²) in [6, 6.07) is 8.84. The number of ether oxygens (including phenoxy) is 4. The Labute approximate surface area is 279 Å². The highest BCUT2D eigenvalue weighted by Gasteiger charge is 2.58. The van der Waals surface area contributed by atoms with Gasteiger partial charge in [-0.3, -0.25) is 9.59 Å². The predicted molar refractivity (Wildman–Crippen MR) is 161 cm³/mol. The molecule has 2 amide bonds. The molecule has 1 aromatic carbocycles. The van der Waals surface area contributed by atoms with Gasteiger partial charge in [0.05, 0.1) is 23.4 Å². The third kappa shape index (κ3) is 5.30. The van der Waals surface area contributed by atoms with E-state index in [0.29, 0.717) is 5.52 Å². The van der Waals surface area contributed by atoms with E-state index in [2.05, 4.69) is 24.9 Å². The van der Waals surface area contributed by atoms with Gasteiger partial charge in [0, 0.05) is 28.7 Å². The lowest BCUT2D eigenvalue weighted by molar-refractivity contribution is -0.286. The minimum atomic E-state index is -5.44. The van der Waals surface area contributed by atoms with Gasteiger partial charge in [0.2, 0.25) is 17.4 Å². The summed E-state index contributed by atoms with van der Waals surface area (Å²) in [6.07, 6.45) is -5.94. The van der Waals surface area contributed by atoms with E-state index in [1.165, 1.54) is 25.1 Å². The molecule has 0 radical (unpaired) electrons. The number of benzene rings is 1. The molecule has 12 nitrogen and oxygen atoms in total. The topological polar surface area (TPSA) is 160 Å². The molecule has 2 fully saturated rings. The molecule has 2 saturated carbocycles. The van der Waals surface area contributed by atoms with E-state index in [1.54, 1.807) is 10.6 Å². The van der Waals surface area contributed by atoms with Crippen molar-refractivity contribution in [3.8, 4) is 34.4 Å². The second-order valence-electron chi connectivity index (χ2n) is 13.2. The number of hydrogen-bond acceptors (Lipinski definition) is 9. The highest BCUT2D eigenvalue weighted by molar-refractivity contribution is 5.96. The number of primary amides is 1. The molecule has 50 heavy (non-hydrogen) atoms. The highest BCUT2D eigenvalue weighted by Crippen LogP contribution is 2.50. The minimum absolute atomic E-state index is 0.0330. The fourth-order valence-corrected chi connectivity index (χ4v) is 5.98. The molecular formula is C33H28F5N5O7. The lowest BCUT2D eigenvalue weighted by Crippen LogP contribution is -2.51. The van der Waals surface area contributed by atoms with Crippen LogP contribution in [0.15, 0.2) is 42.5 Å². The Hall–Kier alpha value is -5.19. The Bertz CT molecular complexity index is 2100. The van der Waals surface area contributed by atoms with Crippen LogP contribution in [0.2, 0.25) is 0 Å². The van der Waals surface area contributed by atoms with Crippen LogP contribution in [0.4, 0.5) is 22.0 Å². The fourth-order valence-electron chi connectivity index (χ4n) is 5.98. The van der Waals surface area contributed by atoms with E-state index in [1.807, 2.05) is 0 Å². The Kier molecular flexibility index (Phi) is 6.83. The van der Waals surface area contributed by atoms with E-state index in [-0.39, 0.29) is 58.4 Å². The molecule has 2 aliphatic heterocycles. The van der Waals surface area contributed by atoms with Gasteiger partial charge in [0.15, 0.2) is 11.5 Å². The zero-order chi connectivity index (χ0) is 35.4. The lowest BCUT2D eigenvalue weighted by atomic mass is 9.81. The Morgan fingerprint density at radius 2 is 1.82 bits per heavy atom. The molecule has 2 atom stereocenters. The molecule has 8 rings (SSSR count). The summed E-state index contributed by atoms with van der Waals surface area (Å²) in [5.41, 5.74) is -0.115. The van der Waals surface area contributed by atoms with E-state index >= 15 is 0 Å². The number of aliphatic hydroxyl groups is 1. The number of aromatic nitrogens is 3. The van der Waals surface area contributed by atoms with Gasteiger partial charge in [-0.25, -0.2) is 9.50 Å². The Morgan fingerprint density at radius 1 is 1.08 bits per heavy atom. The monoisotopic (exact) mass is 701 g/mol. The molecule has 0 saturated heterocycles. The number of halogens is 5. The lowest BCUT2D eigenvalue weighted by Gasteiger charge is -2.31. The number of nitrogens with zero attached hydrogens (tertiary/aromatic N) is 3. The van der Waals surface area contributed by atoms with Gasteiger partial charge in [-0.1, -0.05) is 0 Å². The van der Waals surface area contributed by atoms with Crippen molar-refractivity contribution in [1.82, 2.24) is 19.9 Å². The zero-order valence-electron chi connectivity index (χ0n) is 26.1. The molecule has 3 aromatic heterocycles. The number of alkyl halides is 5. The maximum absolute atomic E-state index is 14.9. The average Bonchev–Trinajstić information content (AvgIpc) is 3.97. The van der Waals surface area contributed by atoms with Crippen LogP contribution >= 0.6 is 0 Å². The molecule has 4 aromatic rings. The van der Waals surface area contributed by atoms with Gasteiger partial charge in [-0.2, -0.15) is 18.3 Å². The molecule has 0 bridgehead atoms. The van der Waals surface area contributed by atoms with E-state index in [4.69, 9.17) is 15.2 Å². The molecule has 17 heteroatoms. The Balaban J connectivity index is 1.17. The summed E-state index contributed by atoms with van der Waals surface area (Å²) in [6.45, 7) is -0.449. The standard InChI is InChI=1S/C33H28F5N5O7/c1-30(29(39)45)14-47-27-20(30)12-24(41-26(27)16-4-7-22-23(9-16)50-33(37,38)49-22)31(46,32(34,35)36)13-40-28(44)17-8-18-11-21(15-2-3-15)42-43(18)25(10-17)48-19-5-6-19/h4,7-12,15,19,46H,2-3,5-6,13-14H2,1H3,(H2,39,45)(H,40,44)/t30-,31-/m0/s1. The molecule has 5 heterocycles. The Morgan fingerprint density at radius 3 is 2.50 bits per heavy atom. The van der Waals surface area contributed by atoms with Crippen molar-refractivity contribution in [2.24, 2.45) is 5.73 Å². The van der Waals surface area contributed by atoms with Crippen molar-refractivity contribution in [2.45, 2.75) is 68.1 Å². The first-order valence-corrected chi connectivity index (χ1v) is 15.7. The summed E-state index contributed by atoms with van der Waals surface area (Å²) in [5, 5.41) is 18.2. The van der Waals surface area contributed by atoms with Crippen LogP contribution in [-0.4, -0.2) is 63.2 Å². The average molecular weight is 702 g/mol. The third-order valence-electron chi connectivity index (χ3n) is 9.31. The zero-order valence-corrected chi connectivity index (χ0v) is 26.1. The maximum Gasteiger partial charge on any atom is 0.586 e. The van der Waals surface area contributed by atoms with Gasteiger partial charge in [0.1, 0.15) is 29.6 Å². The minimum Gasteiger partial charge on any atom is -0.489 e. The first kappa shape index (κ1) is 32.0. The van der Waals surface area contributed by atoms with Crippen molar-refractivity contribution in [3.05, 3.63) is 65.0 Å². The molecular weight excluding hydrogens is 673 g/mol. The van der Waals surface area contributed by atoms with E-state index in [0.717, 1.165) is 49.6 Å². The van der Waals surface area contributed by atoms with Crippen LogP contribution in [0.25, 0.3) is 16.8 Å². The quantitative estimate of drug-likeness (QED) is 0.214. The molecule has 0 spiro atoms. The second-order valence-corrected chi connectivity index (χ2v) is 13.2. The van der Waals surface area contributed by atoms with Crippen molar-refractivity contribution < 1.29 is 55.6 Å². The SMILES string of the molecule is C[C@]1(C(N)=O)COc2c1cc([C@@](O)(CNC(=O)c1cc(OC3CC3)n3nc(C4CC4)cc3c1)C(F)(F)F)nc2-c1ccc2c(c1)OC(F)(F)O2. The number of fused-ring (bicyclic) bond motifs is 3. The van der Waals surface area contributed by atoms with Crippen molar-refractivity contribution in [3.63, 3.8) is 0 Å². The first-order chi connectivity index (χ1) is 23.5. The third-order valence-corrected chi connectivity index (χ3v) is 9.31. The summed E-state index contributed by atoms with van der Waals surface area (Å²) in [5.74, 6) is -2.29. The normalized spacial score (nSPS) is 21.7. The van der Waals surface area contributed by atoms with Crippen LogP contribution in [0.5, 0.6) is 23.1 Å². The number of hydrogen-bond donors (Lipinski definition) is 3. The number of pyridine rings is 2.